The van der Waals surface area contributed by atoms with Crippen molar-refractivity contribution in [2.24, 2.45) is 10.9 Å². The van der Waals surface area contributed by atoms with Crippen LogP contribution in [0, 0.1) is 5.92 Å². The fourth-order valence-corrected chi connectivity index (χ4v) is 5.52. The number of ether oxygens (including phenoxy) is 3. The van der Waals surface area contributed by atoms with Crippen LogP contribution in [-0.4, -0.2) is 30.2 Å². The Labute approximate surface area is 232 Å². The van der Waals surface area contributed by atoms with Gasteiger partial charge < -0.3 is 14.2 Å². The summed E-state index contributed by atoms with van der Waals surface area (Å²) in [4.78, 5) is 43.8. The zero-order chi connectivity index (χ0) is 27.6. The summed E-state index contributed by atoms with van der Waals surface area (Å²) in [6, 6.07) is 11.7. The number of carbonyl (C=O) groups is 2. The van der Waals surface area contributed by atoms with Crippen LogP contribution in [0.5, 0.6) is 11.5 Å². The van der Waals surface area contributed by atoms with E-state index >= 15 is 0 Å². The second-order valence-corrected chi connectivity index (χ2v) is 11.1. The molecule has 0 bridgehead atoms. The van der Waals surface area contributed by atoms with Crippen molar-refractivity contribution in [1.29, 1.82) is 0 Å². The van der Waals surface area contributed by atoms with Gasteiger partial charge in [0, 0.05) is 11.4 Å². The van der Waals surface area contributed by atoms with Crippen LogP contribution in [0.1, 0.15) is 44.9 Å². The zero-order valence-electron chi connectivity index (χ0n) is 21.6. The molecule has 1 atom stereocenters. The Kier molecular flexibility index (Phi) is 8.32. The Morgan fingerprint density at radius 2 is 1.95 bits per heavy atom. The van der Waals surface area contributed by atoms with Crippen molar-refractivity contribution in [1.82, 2.24) is 4.57 Å². The molecule has 0 saturated carbocycles. The second-order valence-electron chi connectivity index (χ2n) is 9.13. The summed E-state index contributed by atoms with van der Waals surface area (Å²) < 4.78 is 19.2. The van der Waals surface area contributed by atoms with Crippen molar-refractivity contribution in [3.05, 3.63) is 89.0 Å². The Hall–Kier alpha value is -3.50. The first-order valence-electron chi connectivity index (χ1n) is 11.9. The summed E-state index contributed by atoms with van der Waals surface area (Å²) >= 11 is 4.71. The molecule has 1 aromatic heterocycles. The standard InChI is InChI=1S/C28H27BrN2O6S/c1-15(2)14-36-27(34)24-16(3)30-28-31(26(33)23(38-28)12-18-7-6-8-20(29)11-18)25(24)19-9-10-21(37-17(4)32)22(13-19)35-5/h6-13,15,25H,14H2,1-5H3/b23-12-/t25-/m1/s1. The average Bonchev–Trinajstić information content (AvgIpc) is 3.15. The highest BCUT2D eigenvalue weighted by atomic mass is 79.9. The van der Waals surface area contributed by atoms with Crippen molar-refractivity contribution in [2.75, 3.05) is 13.7 Å². The molecule has 2 aromatic carbocycles. The number of hydrogen-bond donors (Lipinski definition) is 0. The molecule has 0 radical (unpaired) electrons. The van der Waals surface area contributed by atoms with Crippen molar-refractivity contribution in [3.8, 4) is 11.5 Å². The van der Waals surface area contributed by atoms with Gasteiger partial charge in [0.05, 0.1) is 35.6 Å². The summed E-state index contributed by atoms with van der Waals surface area (Å²) in [5, 5.41) is 0. The number of aromatic nitrogens is 1. The van der Waals surface area contributed by atoms with Crippen LogP contribution in [-0.2, 0) is 14.3 Å². The molecule has 0 aliphatic carbocycles. The van der Waals surface area contributed by atoms with Gasteiger partial charge >= 0.3 is 11.9 Å². The molecule has 4 rings (SSSR count). The number of methoxy groups -OCH3 is 1. The maximum atomic E-state index is 13.8. The van der Waals surface area contributed by atoms with Gasteiger partial charge in [-0.25, -0.2) is 9.79 Å². The first-order chi connectivity index (χ1) is 18.1. The molecule has 0 N–H and O–H groups in total. The third-order valence-electron chi connectivity index (χ3n) is 5.69. The van der Waals surface area contributed by atoms with Crippen molar-refractivity contribution < 1.29 is 23.8 Å². The van der Waals surface area contributed by atoms with Crippen LogP contribution >= 0.6 is 27.3 Å². The molecule has 2 heterocycles. The minimum Gasteiger partial charge on any atom is -0.493 e. The van der Waals surface area contributed by atoms with E-state index in [4.69, 9.17) is 14.2 Å². The van der Waals surface area contributed by atoms with Crippen LogP contribution in [0.4, 0.5) is 0 Å². The van der Waals surface area contributed by atoms with Gasteiger partial charge in [0.25, 0.3) is 5.56 Å². The summed E-state index contributed by atoms with van der Waals surface area (Å²) in [5.74, 6) is -0.388. The molecule has 38 heavy (non-hydrogen) atoms. The summed E-state index contributed by atoms with van der Waals surface area (Å²) in [6.07, 6.45) is 1.80. The van der Waals surface area contributed by atoms with Crippen LogP contribution in [0.15, 0.2) is 68.0 Å². The Morgan fingerprint density at radius 1 is 1.18 bits per heavy atom. The number of hydrogen-bond acceptors (Lipinski definition) is 8. The van der Waals surface area contributed by atoms with Gasteiger partial charge in [0.15, 0.2) is 16.3 Å². The molecular formula is C28H27BrN2O6S. The highest BCUT2D eigenvalue weighted by Gasteiger charge is 2.34. The third kappa shape index (κ3) is 5.81. The first kappa shape index (κ1) is 27.5. The molecular weight excluding hydrogens is 572 g/mol. The van der Waals surface area contributed by atoms with Gasteiger partial charge in [-0.05, 0) is 54.3 Å². The normalized spacial score (nSPS) is 15.2. The maximum Gasteiger partial charge on any atom is 0.338 e. The number of allylic oxidation sites excluding steroid dienone is 1. The number of rotatable bonds is 7. The number of carbonyl (C=O) groups excluding carboxylic acids is 2. The molecule has 0 spiro atoms. The Bertz CT molecular complexity index is 1620. The lowest BCUT2D eigenvalue weighted by Crippen LogP contribution is -2.40. The minimum atomic E-state index is -0.823. The van der Waals surface area contributed by atoms with Gasteiger partial charge in [0.1, 0.15) is 0 Å². The van der Waals surface area contributed by atoms with E-state index in [1.165, 1.54) is 29.9 Å². The molecule has 0 fully saturated rings. The van der Waals surface area contributed by atoms with Gasteiger partial charge in [-0.1, -0.05) is 59.3 Å². The fraction of sp³-hybridized carbons (Fsp3) is 0.286. The SMILES string of the molecule is COc1cc([C@@H]2C(C(=O)OCC(C)C)=C(C)N=c3s/c(=C\c4cccc(Br)c4)c(=O)n32)ccc1OC(C)=O. The predicted molar refractivity (Wildman–Crippen MR) is 148 cm³/mol. The molecule has 1 aliphatic rings. The van der Waals surface area contributed by atoms with Crippen molar-refractivity contribution in [2.45, 2.75) is 33.7 Å². The second kappa shape index (κ2) is 11.5. The molecule has 198 valence electrons. The van der Waals surface area contributed by atoms with Crippen LogP contribution < -0.4 is 24.4 Å². The number of halogens is 1. The van der Waals surface area contributed by atoms with Gasteiger partial charge in [-0.15, -0.1) is 0 Å². The van der Waals surface area contributed by atoms with Crippen LogP contribution in [0.25, 0.3) is 6.08 Å². The van der Waals surface area contributed by atoms with E-state index < -0.39 is 18.0 Å². The largest absolute Gasteiger partial charge is 0.493 e. The molecule has 0 unspecified atom stereocenters. The smallest absolute Gasteiger partial charge is 0.338 e. The van der Waals surface area contributed by atoms with Gasteiger partial charge in [-0.2, -0.15) is 0 Å². The minimum absolute atomic E-state index is 0.132. The molecule has 3 aromatic rings. The Morgan fingerprint density at radius 3 is 2.61 bits per heavy atom. The number of fused-ring (bicyclic) bond motifs is 1. The van der Waals surface area contributed by atoms with Crippen LogP contribution in [0.3, 0.4) is 0 Å². The maximum absolute atomic E-state index is 13.8. The number of thiazole rings is 1. The van der Waals surface area contributed by atoms with Crippen molar-refractivity contribution >= 4 is 45.3 Å². The number of nitrogens with zero attached hydrogens (tertiary/aromatic N) is 2. The molecule has 0 amide bonds. The van der Waals surface area contributed by atoms with E-state index in [1.807, 2.05) is 38.1 Å². The van der Waals surface area contributed by atoms with E-state index in [-0.39, 0.29) is 29.4 Å². The topological polar surface area (TPSA) is 96.2 Å². The predicted octanol–water partition coefficient (Wildman–Crippen LogP) is 4.13. The summed E-state index contributed by atoms with van der Waals surface area (Å²) in [7, 11) is 1.45. The fourth-order valence-electron chi connectivity index (χ4n) is 4.06. The monoisotopic (exact) mass is 598 g/mol. The van der Waals surface area contributed by atoms with E-state index in [0.29, 0.717) is 26.3 Å². The number of benzene rings is 2. The van der Waals surface area contributed by atoms with E-state index in [0.717, 1.165) is 10.0 Å². The first-order valence-corrected chi connectivity index (χ1v) is 13.5. The molecule has 0 saturated heterocycles. The lowest BCUT2D eigenvalue weighted by atomic mass is 9.95. The summed E-state index contributed by atoms with van der Waals surface area (Å²) in [6.45, 7) is 7.15. The van der Waals surface area contributed by atoms with Gasteiger partial charge in [0.2, 0.25) is 0 Å². The molecule has 10 heteroatoms. The van der Waals surface area contributed by atoms with Crippen LogP contribution in [0.2, 0.25) is 0 Å². The zero-order valence-corrected chi connectivity index (χ0v) is 24.0. The third-order valence-corrected chi connectivity index (χ3v) is 7.17. The highest BCUT2D eigenvalue weighted by Crippen LogP contribution is 2.36. The van der Waals surface area contributed by atoms with Crippen molar-refractivity contribution in [3.63, 3.8) is 0 Å². The molecule has 8 nitrogen and oxygen atoms in total. The number of esters is 2. The van der Waals surface area contributed by atoms with Gasteiger partial charge in [-0.3, -0.25) is 14.2 Å². The highest BCUT2D eigenvalue weighted by molar-refractivity contribution is 9.10. The summed E-state index contributed by atoms with van der Waals surface area (Å²) in [5.41, 5.74) is 1.86. The average molecular weight is 600 g/mol. The molecule has 1 aliphatic heterocycles. The van der Waals surface area contributed by atoms with E-state index in [9.17, 15) is 14.4 Å². The quantitative estimate of drug-likeness (QED) is 0.300. The lowest BCUT2D eigenvalue weighted by molar-refractivity contribution is -0.140. The Balaban J connectivity index is 1.93. The lowest BCUT2D eigenvalue weighted by Gasteiger charge is -2.25. The van der Waals surface area contributed by atoms with E-state index in [1.54, 1.807) is 31.2 Å². The van der Waals surface area contributed by atoms with E-state index in [2.05, 4.69) is 20.9 Å².